The van der Waals surface area contributed by atoms with Gasteiger partial charge in [-0.3, -0.25) is 0 Å². The Balaban J connectivity index is 2.15. The summed E-state index contributed by atoms with van der Waals surface area (Å²) in [6.45, 7) is 3.84. The minimum Gasteiger partial charge on any atom is -0.477 e. The minimum atomic E-state index is 0.0123. The molecule has 2 rings (SSSR count). The molecule has 7 nitrogen and oxygen atoms in total. The van der Waals surface area contributed by atoms with Gasteiger partial charge in [-0.2, -0.15) is 5.10 Å². The van der Waals surface area contributed by atoms with Gasteiger partial charge in [0.2, 0.25) is 5.88 Å². The van der Waals surface area contributed by atoms with Crippen LogP contribution in [0, 0.1) is 12.8 Å². The van der Waals surface area contributed by atoms with E-state index in [0.29, 0.717) is 29.7 Å². The highest BCUT2D eigenvalue weighted by Gasteiger charge is 2.21. The number of nitrogens with zero attached hydrogens (tertiary/aromatic N) is 3. The summed E-state index contributed by atoms with van der Waals surface area (Å²) in [5.74, 6) is 0.924. The second-order valence-corrected chi connectivity index (χ2v) is 4.42. The van der Waals surface area contributed by atoms with Crippen LogP contribution >= 0.6 is 0 Å². The maximum atomic E-state index is 8.78. The molecule has 1 aliphatic heterocycles. The first-order valence-corrected chi connectivity index (χ1v) is 5.85. The summed E-state index contributed by atoms with van der Waals surface area (Å²) in [5.41, 5.74) is 6.85. The third-order valence-electron chi connectivity index (χ3n) is 3.01. The standard InChI is InChI=1S/C11H18N4O3/c1-7-9(10(12)14-16)11(15(2)13-7)18-6-8-3-4-17-5-8/h8,16H,3-6H2,1-2H3,(H2,12,14). The summed E-state index contributed by atoms with van der Waals surface area (Å²) in [5, 5.41) is 16.0. The van der Waals surface area contributed by atoms with Gasteiger partial charge in [0.25, 0.3) is 0 Å². The first-order valence-electron chi connectivity index (χ1n) is 5.85. The third-order valence-corrected chi connectivity index (χ3v) is 3.01. The zero-order valence-electron chi connectivity index (χ0n) is 10.6. The molecular weight excluding hydrogens is 236 g/mol. The van der Waals surface area contributed by atoms with E-state index < -0.39 is 0 Å². The van der Waals surface area contributed by atoms with Crippen LogP contribution in [-0.4, -0.2) is 40.6 Å². The van der Waals surface area contributed by atoms with Crippen LogP contribution in [0.1, 0.15) is 17.7 Å². The number of nitrogens with two attached hydrogens (primary N) is 1. The van der Waals surface area contributed by atoms with Crippen LogP contribution in [0.4, 0.5) is 0 Å². The van der Waals surface area contributed by atoms with E-state index in [2.05, 4.69) is 10.3 Å². The summed E-state index contributed by atoms with van der Waals surface area (Å²) in [6.07, 6.45) is 0.996. The number of ether oxygens (including phenoxy) is 2. The molecule has 7 heteroatoms. The zero-order chi connectivity index (χ0) is 13.1. The normalized spacial score (nSPS) is 20.3. The van der Waals surface area contributed by atoms with Crippen molar-refractivity contribution in [2.75, 3.05) is 19.8 Å². The zero-order valence-corrected chi connectivity index (χ0v) is 10.6. The Morgan fingerprint density at radius 1 is 1.72 bits per heavy atom. The lowest BCUT2D eigenvalue weighted by atomic mass is 10.1. The molecule has 0 amide bonds. The van der Waals surface area contributed by atoms with Crippen molar-refractivity contribution < 1.29 is 14.7 Å². The van der Waals surface area contributed by atoms with Crippen LogP contribution in [0.3, 0.4) is 0 Å². The summed E-state index contributed by atoms with van der Waals surface area (Å²) in [7, 11) is 1.77. The first-order chi connectivity index (χ1) is 8.63. The number of hydrogen-bond acceptors (Lipinski definition) is 5. The minimum absolute atomic E-state index is 0.0123. The summed E-state index contributed by atoms with van der Waals surface area (Å²) in [6, 6.07) is 0. The smallest absolute Gasteiger partial charge is 0.223 e. The molecule has 0 saturated carbocycles. The van der Waals surface area contributed by atoms with E-state index in [1.807, 2.05) is 0 Å². The number of oxime groups is 1. The van der Waals surface area contributed by atoms with Crippen LogP contribution < -0.4 is 10.5 Å². The SMILES string of the molecule is Cc1nn(C)c(OCC2CCOC2)c1C(N)=NO. The van der Waals surface area contributed by atoms with Crippen LogP contribution in [-0.2, 0) is 11.8 Å². The highest BCUT2D eigenvalue weighted by atomic mass is 16.5. The number of hydrogen-bond donors (Lipinski definition) is 2. The molecule has 3 N–H and O–H groups in total. The third kappa shape index (κ3) is 2.40. The second kappa shape index (κ2) is 5.26. The van der Waals surface area contributed by atoms with Crippen molar-refractivity contribution in [2.24, 2.45) is 23.9 Å². The summed E-state index contributed by atoms with van der Waals surface area (Å²) >= 11 is 0. The Labute approximate surface area is 105 Å². The molecule has 0 radical (unpaired) electrons. The monoisotopic (exact) mass is 254 g/mol. The first kappa shape index (κ1) is 12.7. The largest absolute Gasteiger partial charge is 0.477 e. The summed E-state index contributed by atoms with van der Waals surface area (Å²) in [4.78, 5) is 0. The number of rotatable bonds is 4. The topological polar surface area (TPSA) is 94.9 Å². The molecule has 1 saturated heterocycles. The van der Waals surface area contributed by atoms with Crippen molar-refractivity contribution >= 4 is 5.84 Å². The van der Waals surface area contributed by atoms with Gasteiger partial charge >= 0.3 is 0 Å². The van der Waals surface area contributed by atoms with E-state index in [1.54, 1.807) is 18.7 Å². The molecular formula is C11H18N4O3. The predicted octanol–water partition coefficient (Wildman–Crippen LogP) is 0.238. The highest BCUT2D eigenvalue weighted by molar-refractivity contribution is 6.00. The lowest BCUT2D eigenvalue weighted by Crippen LogP contribution is -2.18. The maximum Gasteiger partial charge on any atom is 0.223 e. The van der Waals surface area contributed by atoms with Crippen molar-refractivity contribution in [3.8, 4) is 5.88 Å². The number of amidine groups is 1. The molecule has 1 aromatic rings. The fraction of sp³-hybridized carbons (Fsp3) is 0.636. The lowest BCUT2D eigenvalue weighted by molar-refractivity contribution is 0.163. The average Bonchev–Trinajstić information content (AvgIpc) is 2.94. The van der Waals surface area contributed by atoms with Crippen LogP contribution in [0.25, 0.3) is 0 Å². The molecule has 1 fully saturated rings. The van der Waals surface area contributed by atoms with Gasteiger partial charge < -0.3 is 20.4 Å². The maximum absolute atomic E-state index is 8.78. The molecule has 0 aliphatic carbocycles. The number of aromatic nitrogens is 2. The Bertz CT molecular complexity index is 449. The van der Waals surface area contributed by atoms with Crippen LogP contribution in [0.2, 0.25) is 0 Å². The van der Waals surface area contributed by atoms with Gasteiger partial charge in [-0.05, 0) is 13.3 Å². The van der Waals surface area contributed by atoms with Gasteiger partial charge in [0.15, 0.2) is 5.84 Å². The fourth-order valence-electron chi connectivity index (χ4n) is 2.06. The lowest BCUT2D eigenvalue weighted by Gasteiger charge is -2.11. The molecule has 1 aliphatic rings. The van der Waals surface area contributed by atoms with Gasteiger partial charge in [0, 0.05) is 19.6 Å². The summed E-state index contributed by atoms with van der Waals surface area (Å²) < 4.78 is 12.6. The van der Waals surface area contributed by atoms with Gasteiger partial charge in [-0.25, -0.2) is 4.68 Å². The van der Waals surface area contributed by atoms with E-state index in [4.69, 9.17) is 20.4 Å². The number of aryl methyl sites for hydroxylation is 2. The molecule has 0 spiro atoms. The van der Waals surface area contributed by atoms with Gasteiger partial charge in [0.05, 0.1) is 18.9 Å². The van der Waals surface area contributed by atoms with E-state index in [0.717, 1.165) is 19.6 Å². The molecule has 2 heterocycles. The Morgan fingerprint density at radius 3 is 3.11 bits per heavy atom. The van der Waals surface area contributed by atoms with E-state index >= 15 is 0 Å². The van der Waals surface area contributed by atoms with Gasteiger partial charge in [-0.15, -0.1) is 0 Å². The Morgan fingerprint density at radius 2 is 2.50 bits per heavy atom. The van der Waals surface area contributed by atoms with Crippen molar-refractivity contribution in [3.05, 3.63) is 11.3 Å². The van der Waals surface area contributed by atoms with Gasteiger partial charge in [-0.1, -0.05) is 5.16 Å². The van der Waals surface area contributed by atoms with Crippen molar-refractivity contribution in [2.45, 2.75) is 13.3 Å². The van der Waals surface area contributed by atoms with Crippen LogP contribution in [0.5, 0.6) is 5.88 Å². The molecule has 1 aromatic heterocycles. The predicted molar refractivity (Wildman–Crippen MR) is 64.9 cm³/mol. The van der Waals surface area contributed by atoms with Crippen molar-refractivity contribution in [1.82, 2.24) is 9.78 Å². The second-order valence-electron chi connectivity index (χ2n) is 4.42. The van der Waals surface area contributed by atoms with E-state index in [1.165, 1.54) is 0 Å². The van der Waals surface area contributed by atoms with E-state index in [9.17, 15) is 0 Å². The van der Waals surface area contributed by atoms with Crippen LogP contribution in [0.15, 0.2) is 5.16 Å². The van der Waals surface area contributed by atoms with E-state index in [-0.39, 0.29) is 5.84 Å². The quantitative estimate of drug-likeness (QED) is 0.347. The molecule has 1 atom stereocenters. The Hall–Kier alpha value is -1.76. The van der Waals surface area contributed by atoms with Gasteiger partial charge in [0.1, 0.15) is 5.56 Å². The van der Waals surface area contributed by atoms with Crippen molar-refractivity contribution in [3.63, 3.8) is 0 Å². The van der Waals surface area contributed by atoms with Crippen molar-refractivity contribution in [1.29, 1.82) is 0 Å². The molecule has 1 unspecified atom stereocenters. The molecule has 18 heavy (non-hydrogen) atoms. The Kier molecular flexibility index (Phi) is 3.71. The average molecular weight is 254 g/mol. The highest BCUT2D eigenvalue weighted by Crippen LogP contribution is 2.23. The fourth-order valence-corrected chi connectivity index (χ4v) is 2.06. The molecule has 0 bridgehead atoms. The molecule has 0 aromatic carbocycles. The molecule has 100 valence electrons.